The minimum atomic E-state index is -2.62. The first-order chi connectivity index (χ1) is 17.5. The molecule has 1 aliphatic rings. The van der Waals surface area contributed by atoms with Crippen LogP contribution in [0, 0.1) is 11.8 Å². The van der Waals surface area contributed by atoms with Crippen molar-refractivity contribution in [1.29, 1.82) is 0 Å². The molecule has 0 aliphatic heterocycles. The third-order valence-electron chi connectivity index (χ3n) is 8.01. The molecule has 0 bridgehead atoms. The first kappa shape index (κ1) is 28.6. The smallest absolute Gasteiger partial charge is 0.192 e. The van der Waals surface area contributed by atoms with E-state index in [1.807, 2.05) is 35.7 Å². The first-order valence-corrected chi connectivity index (χ1v) is 17.9. The van der Waals surface area contributed by atoms with E-state index in [9.17, 15) is 4.21 Å². The quantitative estimate of drug-likeness (QED) is 0.260. The summed E-state index contributed by atoms with van der Waals surface area (Å²) in [6, 6.07) is 23.5. The Kier molecular flexibility index (Phi) is 11.2. The van der Waals surface area contributed by atoms with Gasteiger partial charge in [-0.15, -0.1) is 0 Å². The molecular weight excluding hydrogens is 478 g/mol. The van der Waals surface area contributed by atoms with Crippen LogP contribution in [0.25, 0.3) is 6.08 Å². The Morgan fingerprint density at radius 2 is 1.50 bits per heavy atom. The summed E-state index contributed by atoms with van der Waals surface area (Å²) >= 11 is 0. The van der Waals surface area contributed by atoms with Gasteiger partial charge >= 0.3 is 0 Å². The van der Waals surface area contributed by atoms with Gasteiger partial charge in [0, 0.05) is 18.4 Å². The van der Waals surface area contributed by atoms with Crippen LogP contribution in [0.4, 0.5) is 0 Å². The van der Waals surface area contributed by atoms with Crippen LogP contribution >= 0.6 is 0 Å². The predicted octanol–water partition coefficient (Wildman–Crippen LogP) is 8.96. The van der Waals surface area contributed by atoms with E-state index in [-0.39, 0.29) is 12.0 Å². The van der Waals surface area contributed by atoms with Crippen molar-refractivity contribution >= 4 is 24.1 Å². The molecule has 0 heterocycles. The molecule has 0 radical (unpaired) electrons. The second-order valence-corrected chi connectivity index (χ2v) is 16.9. The van der Waals surface area contributed by atoms with Crippen molar-refractivity contribution in [1.82, 2.24) is 0 Å². The number of nitrogens with zero attached hydrogens (tertiary/aromatic N) is 1. The van der Waals surface area contributed by atoms with Crippen molar-refractivity contribution in [3.8, 4) is 0 Å². The fourth-order valence-corrected chi connectivity index (χ4v) is 9.66. The van der Waals surface area contributed by atoms with Crippen molar-refractivity contribution in [2.75, 3.05) is 7.05 Å². The fourth-order valence-electron chi connectivity index (χ4n) is 5.42. The van der Waals surface area contributed by atoms with Gasteiger partial charge in [-0.3, -0.25) is 0 Å². The second-order valence-electron chi connectivity index (χ2n) is 9.96. The lowest BCUT2D eigenvalue weighted by atomic mass is 9.77. The molecular formula is C31H45NO2SSi. The van der Waals surface area contributed by atoms with Crippen LogP contribution in [0.3, 0.4) is 0 Å². The Morgan fingerprint density at radius 1 is 0.917 bits per heavy atom. The van der Waals surface area contributed by atoms with Crippen LogP contribution in [-0.2, 0) is 14.2 Å². The summed E-state index contributed by atoms with van der Waals surface area (Å²) in [6.07, 6.45) is 12.9. The lowest BCUT2D eigenvalue weighted by molar-refractivity contribution is 0.132. The maximum absolute atomic E-state index is 13.9. The van der Waals surface area contributed by atoms with Crippen LogP contribution in [0.15, 0.2) is 87.5 Å². The molecule has 0 spiro atoms. The van der Waals surface area contributed by atoms with E-state index in [1.54, 1.807) is 7.05 Å². The molecule has 3 atom stereocenters. The van der Waals surface area contributed by atoms with Gasteiger partial charge in [-0.25, -0.2) is 8.57 Å². The highest BCUT2D eigenvalue weighted by molar-refractivity contribution is 7.96. The Balaban J connectivity index is 2.05. The maximum atomic E-state index is 13.9. The standard InChI is InChI=1S/C31H45NO2SSi/c1-5-36(6-2,7-3)34-31(24-23-27-17-11-8-12-18-27)30(28-19-13-9-14-20-28)25-26-35(33,32-4)29-21-15-10-16-22-29/h8,10-12,15-18,21-26,28,30-31H,5-7,9,13-14,19-20H2,1-4H3/b24-23+,26-25-/t30-,31-,35?/m1/s1. The molecule has 5 heteroatoms. The summed E-state index contributed by atoms with van der Waals surface area (Å²) in [5, 5.41) is 1.89. The minimum Gasteiger partial charge on any atom is -0.410 e. The van der Waals surface area contributed by atoms with E-state index in [2.05, 4.69) is 73.7 Å². The van der Waals surface area contributed by atoms with Crippen LogP contribution in [0.2, 0.25) is 18.1 Å². The molecule has 2 aromatic rings. The average molecular weight is 524 g/mol. The van der Waals surface area contributed by atoms with Crippen LogP contribution in [-0.4, -0.2) is 25.7 Å². The van der Waals surface area contributed by atoms with Gasteiger partial charge in [0.1, 0.15) is 0 Å². The Morgan fingerprint density at radius 3 is 2.06 bits per heavy atom. The lowest BCUT2D eigenvalue weighted by Crippen LogP contribution is -2.43. The molecule has 3 rings (SSSR count). The van der Waals surface area contributed by atoms with E-state index in [0.717, 1.165) is 23.0 Å². The Bertz CT molecular complexity index is 1070. The second kappa shape index (κ2) is 14.1. The third kappa shape index (κ3) is 7.53. The third-order valence-corrected chi connectivity index (χ3v) is 14.7. The normalized spacial score (nSPS) is 18.8. The van der Waals surface area contributed by atoms with Gasteiger partial charge in [0.15, 0.2) is 8.32 Å². The van der Waals surface area contributed by atoms with Gasteiger partial charge in [0.25, 0.3) is 0 Å². The zero-order valence-corrected chi connectivity index (χ0v) is 24.5. The summed E-state index contributed by atoms with van der Waals surface area (Å²) in [7, 11) is -2.83. The van der Waals surface area contributed by atoms with E-state index in [0.29, 0.717) is 5.92 Å². The summed E-state index contributed by atoms with van der Waals surface area (Å²) in [6.45, 7) is 6.88. The van der Waals surface area contributed by atoms with Gasteiger partial charge in [-0.2, -0.15) is 0 Å². The molecule has 2 aromatic carbocycles. The Hall–Kier alpha value is -1.95. The molecule has 0 aromatic heterocycles. The van der Waals surface area contributed by atoms with Crippen LogP contribution in [0.1, 0.15) is 58.4 Å². The summed E-state index contributed by atoms with van der Waals surface area (Å²) in [5.41, 5.74) is 1.19. The van der Waals surface area contributed by atoms with E-state index < -0.39 is 18.0 Å². The largest absolute Gasteiger partial charge is 0.410 e. The SMILES string of the molecule is CC[Si](CC)(CC)O[C@H](/C=C/c1ccccc1)[C@H](/C=C\S(=O)(=NC)c1ccccc1)C1CCCCC1. The van der Waals surface area contributed by atoms with Crippen LogP contribution in [0.5, 0.6) is 0 Å². The molecule has 0 N–H and O–H groups in total. The molecule has 1 aliphatic carbocycles. The van der Waals surface area contributed by atoms with Crippen molar-refractivity contribution < 1.29 is 8.63 Å². The summed E-state index contributed by atoms with van der Waals surface area (Å²) in [4.78, 5) is 0.767. The maximum Gasteiger partial charge on any atom is 0.192 e. The van der Waals surface area contributed by atoms with E-state index >= 15 is 0 Å². The molecule has 1 fully saturated rings. The average Bonchev–Trinajstić information content (AvgIpc) is 2.95. The lowest BCUT2D eigenvalue weighted by Gasteiger charge is -2.39. The highest BCUT2D eigenvalue weighted by Crippen LogP contribution is 2.37. The molecule has 1 saturated carbocycles. The van der Waals surface area contributed by atoms with Crippen molar-refractivity contribution in [3.05, 3.63) is 83.8 Å². The van der Waals surface area contributed by atoms with Crippen molar-refractivity contribution in [2.24, 2.45) is 16.2 Å². The molecule has 36 heavy (non-hydrogen) atoms. The molecule has 1 unspecified atom stereocenters. The van der Waals surface area contributed by atoms with E-state index in [4.69, 9.17) is 4.43 Å². The van der Waals surface area contributed by atoms with Gasteiger partial charge in [-0.1, -0.05) is 107 Å². The topological polar surface area (TPSA) is 38.7 Å². The number of benzene rings is 2. The van der Waals surface area contributed by atoms with E-state index in [1.165, 1.54) is 37.7 Å². The van der Waals surface area contributed by atoms with Gasteiger partial charge in [0.05, 0.1) is 20.7 Å². The number of hydrogen-bond donors (Lipinski definition) is 0. The molecule has 0 amide bonds. The zero-order chi connectivity index (χ0) is 25.9. The van der Waals surface area contributed by atoms with Gasteiger partial charge < -0.3 is 4.43 Å². The van der Waals surface area contributed by atoms with Crippen LogP contribution < -0.4 is 0 Å². The summed E-state index contributed by atoms with van der Waals surface area (Å²) < 4.78 is 25.5. The van der Waals surface area contributed by atoms with Crippen molar-refractivity contribution in [2.45, 2.75) is 82.0 Å². The number of rotatable bonds is 12. The fraction of sp³-hybridized carbons (Fsp3) is 0.484. The van der Waals surface area contributed by atoms with Crippen molar-refractivity contribution in [3.63, 3.8) is 0 Å². The first-order valence-electron chi connectivity index (χ1n) is 13.8. The highest BCUT2D eigenvalue weighted by Gasteiger charge is 2.36. The summed E-state index contributed by atoms with van der Waals surface area (Å²) in [5.74, 6) is 0.696. The van der Waals surface area contributed by atoms with Gasteiger partial charge in [0.2, 0.25) is 0 Å². The molecule has 196 valence electrons. The monoisotopic (exact) mass is 523 g/mol. The zero-order valence-electron chi connectivity index (χ0n) is 22.6. The number of hydrogen-bond acceptors (Lipinski definition) is 3. The Labute approximate surface area is 221 Å². The molecule has 3 nitrogen and oxygen atoms in total. The highest BCUT2D eigenvalue weighted by atomic mass is 32.2. The van der Waals surface area contributed by atoms with Gasteiger partial charge in [-0.05, 0) is 54.6 Å². The minimum absolute atomic E-state index is 0.0349. The predicted molar refractivity (Wildman–Crippen MR) is 158 cm³/mol. The molecule has 0 saturated heterocycles.